The first-order valence-corrected chi connectivity index (χ1v) is 8.29. The molecule has 1 N–H and O–H groups in total. The second kappa shape index (κ2) is 8.19. The Morgan fingerprint density at radius 2 is 1.81 bits per heavy atom. The zero-order valence-electron chi connectivity index (χ0n) is 14.2. The molecule has 0 bridgehead atoms. The zero-order chi connectivity index (χ0) is 18.4. The predicted octanol–water partition coefficient (Wildman–Crippen LogP) is 0.321. The van der Waals surface area contributed by atoms with E-state index < -0.39 is 0 Å². The van der Waals surface area contributed by atoms with E-state index in [-0.39, 0.29) is 17.5 Å². The van der Waals surface area contributed by atoms with Crippen LogP contribution in [0.15, 0.2) is 42.9 Å². The second-order valence-electron chi connectivity index (χ2n) is 5.90. The van der Waals surface area contributed by atoms with Crippen LogP contribution in [0.25, 0.3) is 0 Å². The van der Waals surface area contributed by atoms with Crippen molar-refractivity contribution in [2.24, 2.45) is 0 Å². The van der Waals surface area contributed by atoms with Crippen LogP contribution in [0.2, 0.25) is 0 Å². The van der Waals surface area contributed by atoms with Crippen LogP contribution in [-0.4, -0.2) is 64.2 Å². The van der Waals surface area contributed by atoms with Gasteiger partial charge in [0.25, 0.3) is 11.8 Å². The predicted molar refractivity (Wildman–Crippen MR) is 93.2 cm³/mol. The zero-order valence-corrected chi connectivity index (χ0v) is 14.2. The minimum absolute atomic E-state index is 0.223. The summed E-state index contributed by atoms with van der Waals surface area (Å²) >= 11 is 0. The molecule has 3 amide bonds. The number of nitrogens with one attached hydrogen (secondary N) is 1. The van der Waals surface area contributed by atoms with Gasteiger partial charge in [-0.3, -0.25) is 24.4 Å². The molecular weight excluding hydrogens is 334 g/mol. The Kier molecular flexibility index (Phi) is 5.52. The topological polar surface area (TPSA) is 95.5 Å². The maximum Gasteiger partial charge on any atom is 0.272 e. The standard InChI is InChI=1S/C18H19N5O3/c24-13-22-7-9-23(10-8-22)18(26)16-11-15(3-6-20-16)17(25)21-12-14-1-4-19-5-2-14/h1-6,11,13H,7-10,12H2,(H,21,25). The highest BCUT2D eigenvalue weighted by molar-refractivity contribution is 5.98. The Morgan fingerprint density at radius 1 is 1.08 bits per heavy atom. The molecule has 3 rings (SSSR count). The number of pyridine rings is 2. The van der Waals surface area contributed by atoms with Gasteiger partial charge in [-0.05, 0) is 29.8 Å². The molecule has 0 spiro atoms. The van der Waals surface area contributed by atoms with Crippen molar-refractivity contribution in [2.75, 3.05) is 26.2 Å². The highest BCUT2D eigenvalue weighted by Crippen LogP contribution is 2.09. The SMILES string of the molecule is O=CN1CCN(C(=O)c2cc(C(=O)NCc3ccncc3)ccn2)CC1. The number of piperazine rings is 1. The van der Waals surface area contributed by atoms with Crippen molar-refractivity contribution in [3.05, 3.63) is 59.7 Å². The minimum Gasteiger partial charge on any atom is -0.348 e. The number of rotatable bonds is 5. The average Bonchev–Trinajstić information content (AvgIpc) is 2.72. The molecule has 0 radical (unpaired) electrons. The van der Waals surface area contributed by atoms with Gasteiger partial charge in [0.1, 0.15) is 5.69 Å². The minimum atomic E-state index is -0.274. The van der Waals surface area contributed by atoms with Crippen LogP contribution >= 0.6 is 0 Å². The Morgan fingerprint density at radius 3 is 2.50 bits per heavy atom. The molecule has 8 heteroatoms. The molecule has 134 valence electrons. The maximum atomic E-state index is 12.6. The molecule has 26 heavy (non-hydrogen) atoms. The molecule has 8 nitrogen and oxygen atoms in total. The molecule has 0 aliphatic carbocycles. The van der Waals surface area contributed by atoms with Crippen LogP contribution in [0.3, 0.4) is 0 Å². The average molecular weight is 353 g/mol. The van der Waals surface area contributed by atoms with Crippen molar-refractivity contribution in [1.29, 1.82) is 0 Å². The van der Waals surface area contributed by atoms with Crippen molar-refractivity contribution in [3.63, 3.8) is 0 Å². The van der Waals surface area contributed by atoms with E-state index in [1.165, 1.54) is 12.3 Å². The Balaban J connectivity index is 1.63. The molecule has 1 saturated heterocycles. The summed E-state index contributed by atoms with van der Waals surface area (Å²) in [6.07, 6.45) is 5.56. The highest BCUT2D eigenvalue weighted by atomic mass is 16.2. The quantitative estimate of drug-likeness (QED) is 0.781. The van der Waals surface area contributed by atoms with Crippen LogP contribution in [0, 0.1) is 0 Å². The Labute approximate surface area is 150 Å². The van der Waals surface area contributed by atoms with Crippen molar-refractivity contribution < 1.29 is 14.4 Å². The van der Waals surface area contributed by atoms with E-state index in [9.17, 15) is 14.4 Å². The van der Waals surface area contributed by atoms with Crippen LogP contribution in [-0.2, 0) is 11.3 Å². The summed E-state index contributed by atoms with van der Waals surface area (Å²) in [7, 11) is 0. The summed E-state index contributed by atoms with van der Waals surface area (Å²) in [4.78, 5) is 46.9. The molecule has 1 aliphatic heterocycles. The van der Waals surface area contributed by atoms with Crippen LogP contribution < -0.4 is 5.32 Å². The van der Waals surface area contributed by atoms with Crippen molar-refractivity contribution in [3.8, 4) is 0 Å². The number of nitrogens with zero attached hydrogens (tertiary/aromatic N) is 4. The summed E-state index contributed by atoms with van der Waals surface area (Å²) in [6.45, 7) is 2.29. The molecule has 0 unspecified atom stereocenters. The molecule has 2 aromatic heterocycles. The van der Waals surface area contributed by atoms with E-state index in [0.29, 0.717) is 38.3 Å². The van der Waals surface area contributed by atoms with Gasteiger partial charge in [-0.2, -0.15) is 0 Å². The second-order valence-corrected chi connectivity index (χ2v) is 5.90. The van der Waals surface area contributed by atoms with Gasteiger partial charge >= 0.3 is 0 Å². The molecule has 3 heterocycles. The number of hydrogen-bond donors (Lipinski definition) is 1. The number of hydrogen-bond acceptors (Lipinski definition) is 5. The molecule has 0 aromatic carbocycles. The monoisotopic (exact) mass is 353 g/mol. The molecule has 2 aromatic rings. The van der Waals surface area contributed by atoms with Gasteiger partial charge in [0.2, 0.25) is 6.41 Å². The van der Waals surface area contributed by atoms with Gasteiger partial charge in [0, 0.05) is 56.9 Å². The van der Waals surface area contributed by atoms with Crippen LogP contribution in [0.4, 0.5) is 0 Å². The molecular formula is C18H19N5O3. The Hall–Kier alpha value is -3.29. The lowest BCUT2D eigenvalue weighted by molar-refractivity contribution is -0.119. The third-order valence-corrected chi connectivity index (χ3v) is 4.19. The van der Waals surface area contributed by atoms with Gasteiger partial charge in [-0.15, -0.1) is 0 Å². The Bertz CT molecular complexity index is 788. The normalized spacial score (nSPS) is 14.0. The fourth-order valence-corrected chi connectivity index (χ4v) is 2.67. The van der Waals surface area contributed by atoms with Gasteiger partial charge in [0.15, 0.2) is 0 Å². The highest BCUT2D eigenvalue weighted by Gasteiger charge is 2.22. The fraction of sp³-hybridized carbons (Fsp3) is 0.278. The molecule has 0 atom stereocenters. The first kappa shape index (κ1) is 17.5. The maximum absolute atomic E-state index is 12.6. The van der Waals surface area contributed by atoms with Gasteiger partial charge in [0.05, 0.1) is 0 Å². The lowest BCUT2D eigenvalue weighted by Gasteiger charge is -2.32. The van der Waals surface area contributed by atoms with Crippen LogP contribution in [0.5, 0.6) is 0 Å². The van der Waals surface area contributed by atoms with Gasteiger partial charge in [-0.25, -0.2) is 0 Å². The summed E-state index contributed by atoms with van der Waals surface area (Å²) in [5.41, 5.74) is 1.54. The number of carbonyl (C=O) groups is 3. The van der Waals surface area contributed by atoms with E-state index in [4.69, 9.17) is 0 Å². The van der Waals surface area contributed by atoms with Gasteiger partial charge in [-0.1, -0.05) is 0 Å². The van der Waals surface area contributed by atoms with E-state index in [0.717, 1.165) is 12.0 Å². The van der Waals surface area contributed by atoms with Gasteiger partial charge < -0.3 is 15.1 Å². The lowest BCUT2D eigenvalue weighted by Crippen LogP contribution is -2.48. The third-order valence-electron chi connectivity index (χ3n) is 4.19. The third kappa shape index (κ3) is 4.21. The van der Waals surface area contributed by atoms with E-state index in [1.807, 2.05) is 12.1 Å². The number of carbonyl (C=O) groups excluding carboxylic acids is 3. The van der Waals surface area contributed by atoms with E-state index in [2.05, 4.69) is 15.3 Å². The number of aromatic nitrogens is 2. The lowest BCUT2D eigenvalue weighted by atomic mass is 10.2. The van der Waals surface area contributed by atoms with E-state index in [1.54, 1.807) is 28.3 Å². The summed E-state index contributed by atoms with van der Waals surface area (Å²) in [5, 5.41) is 2.81. The van der Waals surface area contributed by atoms with Crippen molar-refractivity contribution in [2.45, 2.75) is 6.54 Å². The van der Waals surface area contributed by atoms with Crippen molar-refractivity contribution >= 4 is 18.2 Å². The first-order chi connectivity index (χ1) is 12.7. The summed E-state index contributed by atoms with van der Waals surface area (Å²) in [5.74, 6) is -0.511. The van der Waals surface area contributed by atoms with E-state index >= 15 is 0 Å². The summed E-state index contributed by atoms with van der Waals surface area (Å²) in [6, 6.07) is 6.71. The van der Waals surface area contributed by atoms with Crippen molar-refractivity contribution in [1.82, 2.24) is 25.1 Å². The molecule has 1 aliphatic rings. The summed E-state index contributed by atoms with van der Waals surface area (Å²) < 4.78 is 0. The fourth-order valence-electron chi connectivity index (χ4n) is 2.67. The van der Waals surface area contributed by atoms with Crippen LogP contribution in [0.1, 0.15) is 26.4 Å². The largest absolute Gasteiger partial charge is 0.348 e. The molecule has 1 fully saturated rings. The molecule has 0 saturated carbocycles. The smallest absolute Gasteiger partial charge is 0.272 e. The first-order valence-electron chi connectivity index (χ1n) is 8.29. The number of amides is 3.